The van der Waals surface area contributed by atoms with E-state index >= 15 is 0 Å². The Labute approximate surface area is 186 Å². The van der Waals surface area contributed by atoms with Gasteiger partial charge in [-0.15, -0.1) is 0 Å². The van der Waals surface area contributed by atoms with E-state index < -0.39 is 0 Å². The summed E-state index contributed by atoms with van der Waals surface area (Å²) in [5, 5.41) is 10.0. The molecule has 3 rings (SSSR count). The maximum Gasteiger partial charge on any atom is 0.271 e. The Bertz CT molecular complexity index is 975. The van der Waals surface area contributed by atoms with Crippen molar-refractivity contribution in [1.82, 2.24) is 0 Å². The Kier molecular flexibility index (Phi) is 7.96. The monoisotopic (exact) mass is 444 g/mol. The molecule has 1 aliphatic heterocycles. The molecule has 0 unspecified atom stereocenters. The minimum absolute atomic E-state index is 0.0699. The third-order valence-corrected chi connectivity index (χ3v) is 5.75. The van der Waals surface area contributed by atoms with Crippen molar-refractivity contribution in [3.8, 4) is 5.75 Å². The van der Waals surface area contributed by atoms with E-state index in [0.717, 1.165) is 23.2 Å². The van der Waals surface area contributed by atoms with Crippen LogP contribution in [0.15, 0.2) is 52.4 Å². The van der Waals surface area contributed by atoms with Crippen molar-refractivity contribution in [3.05, 3.63) is 63.5 Å². The molecule has 0 aromatic heterocycles. The molecule has 5 nitrogen and oxygen atoms in total. The number of aliphatic hydroxyl groups is 1. The molecule has 7 heteroatoms. The Morgan fingerprint density at radius 3 is 2.77 bits per heavy atom. The molecule has 2 aromatic carbocycles. The maximum atomic E-state index is 13.2. The largest absolute Gasteiger partial charge is 0.492 e. The SMILES string of the molecule is CCCN=C1S/C(=C\c2ccc(OCCCO)c(Cl)c2)C(=O)N1c1ccccc1C. The molecule has 0 spiro atoms. The highest BCUT2D eigenvalue weighted by Crippen LogP contribution is 2.38. The zero-order chi connectivity index (χ0) is 21.5. The molecule has 1 fully saturated rings. The van der Waals surface area contributed by atoms with Gasteiger partial charge >= 0.3 is 0 Å². The second-order valence-corrected chi connectivity index (χ2v) is 8.23. The number of carbonyl (C=O) groups excluding carboxylic acids is 1. The van der Waals surface area contributed by atoms with Crippen LogP contribution in [0.5, 0.6) is 5.75 Å². The van der Waals surface area contributed by atoms with Gasteiger partial charge in [0, 0.05) is 19.6 Å². The van der Waals surface area contributed by atoms with Crippen LogP contribution in [-0.2, 0) is 4.79 Å². The lowest BCUT2D eigenvalue weighted by molar-refractivity contribution is -0.113. The average molecular weight is 445 g/mol. The fraction of sp³-hybridized carbons (Fsp3) is 0.304. The smallest absolute Gasteiger partial charge is 0.271 e. The van der Waals surface area contributed by atoms with Crippen molar-refractivity contribution in [3.63, 3.8) is 0 Å². The van der Waals surface area contributed by atoms with Crippen molar-refractivity contribution in [2.24, 2.45) is 4.99 Å². The number of para-hydroxylation sites is 1. The third kappa shape index (κ3) is 5.25. The molecule has 0 saturated carbocycles. The number of amidine groups is 1. The van der Waals surface area contributed by atoms with Gasteiger partial charge in [-0.25, -0.2) is 0 Å². The van der Waals surface area contributed by atoms with Gasteiger partial charge in [0.15, 0.2) is 5.17 Å². The normalized spacial score (nSPS) is 16.7. The summed E-state index contributed by atoms with van der Waals surface area (Å²) in [7, 11) is 0. The number of halogens is 1. The van der Waals surface area contributed by atoms with E-state index in [0.29, 0.717) is 40.4 Å². The van der Waals surface area contributed by atoms with E-state index in [4.69, 9.17) is 21.4 Å². The summed E-state index contributed by atoms with van der Waals surface area (Å²) >= 11 is 7.71. The van der Waals surface area contributed by atoms with Crippen molar-refractivity contribution >= 4 is 46.2 Å². The van der Waals surface area contributed by atoms with Crippen LogP contribution >= 0.6 is 23.4 Å². The van der Waals surface area contributed by atoms with Gasteiger partial charge in [0.2, 0.25) is 0 Å². The van der Waals surface area contributed by atoms with Crippen molar-refractivity contribution in [1.29, 1.82) is 0 Å². The third-order valence-electron chi connectivity index (χ3n) is 4.45. The number of ether oxygens (including phenoxy) is 1. The Morgan fingerprint density at radius 2 is 2.07 bits per heavy atom. The number of nitrogens with zero attached hydrogens (tertiary/aromatic N) is 2. The first-order chi connectivity index (χ1) is 14.5. The van der Waals surface area contributed by atoms with E-state index in [9.17, 15) is 4.79 Å². The number of aryl methyl sites for hydroxylation is 1. The summed E-state index contributed by atoms with van der Waals surface area (Å²) in [5.41, 5.74) is 2.68. The number of aliphatic imine (C=N–C) groups is 1. The fourth-order valence-corrected chi connectivity index (χ4v) is 4.18. The van der Waals surface area contributed by atoms with Gasteiger partial charge in [-0.05, 0) is 60.5 Å². The van der Waals surface area contributed by atoms with Crippen LogP contribution in [0, 0.1) is 6.92 Å². The van der Waals surface area contributed by atoms with Gasteiger partial charge in [0.1, 0.15) is 5.75 Å². The summed E-state index contributed by atoms with van der Waals surface area (Å²) in [5.74, 6) is 0.466. The molecule has 2 aromatic rings. The highest BCUT2D eigenvalue weighted by molar-refractivity contribution is 8.19. The minimum Gasteiger partial charge on any atom is -0.492 e. The van der Waals surface area contributed by atoms with Gasteiger partial charge in [-0.2, -0.15) is 0 Å². The summed E-state index contributed by atoms with van der Waals surface area (Å²) in [6.07, 6.45) is 3.28. The quantitative estimate of drug-likeness (QED) is 0.443. The van der Waals surface area contributed by atoms with E-state index in [-0.39, 0.29) is 12.5 Å². The Balaban J connectivity index is 1.89. The standard InChI is InChI=1S/C23H25ClN2O3S/c1-3-11-25-23-26(19-8-5-4-7-16(19)2)22(28)21(30-23)15-17-9-10-20(18(24)14-17)29-13-6-12-27/h4-5,7-10,14-15,27H,3,6,11-13H2,1-2H3/b21-15-,25-23?. The van der Waals surface area contributed by atoms with Crippen LogP contribution in [0.25, 0.3) is 6.08 Å². The molecule has 0 radical (unpaired) electrons. The lowest BCUT2D eigenvalue weighted by atomic mass is 10.1. The number of benzene rings is 2. The zero-order valence-corrected chi connectivity index (χ0v) is 18.7. The first-order valence-corrected chi connectivity index (χ1v) is 11.1. The topological polar surface area (TPSA) is 62.1 Å². The summed E-state index contributed by atoms with van der Waals surface area (Å²) < 4.78 is 5.56. The van der Waals surface area contributed by atoms with Gasteiger partial charge < -0.3 is 9.84 Å². The predicted molar refractivity (Wildman–Crippen MR) is 125 cm³/mol. The molecule has 1 amide bonds. The molecule has 158 valence electrons. The van der Waals surface area contributed by atoms with E-state index in [1.165, 1.54) is 11.8 Å². The second-order valence-electron chi connectivity index (χ2n) is 6.82. The fourth-order valence-electron chi connectivity index (χ4n) is 2.94. The lowest BCUT2D eigenvalue weighted by Gasteiger charge is -2.18. The Hall–Kier alpha value is -2.28. The highest BCUT2D eigenvalue weighted by atomic mass is 35.5. The van der Waals surface area contributed by atoms with Gasteiger partial charge in [0.05, 0.1) is 22.2 Å². The molecule has 0 aliphatic carbocycles. The molecule has 1 N–H and O–H groups in total. The Morgan fingerprint density at radius 1 is 1.27 bits per heavy atom. The second kappa shape index (κ2) is 10.7. The minimum atomic E-state index is -0.0939. The van der Waals surface area contributed by atoms with E-state index in [1.807, 2.05) is 43.3 Å². The number of thioether (sulfide) groups is 1. The van der Waals surface area contributed by atoms with Crippen molar-refractivity contribution in [2.75, 3.05) is 24.7 Å². The molecule has 1 heterocycles. The van der Waals surface area contributed by atoms with Crippen LogP contribution in [-0.4, -0.2) is 35.9 Å². The molecule has 0 atom stereocenters. The van der Waals surface area contributed by atoms with Crippen LogP contribution in [0.4, 0.5) is 5.69 Å². The molecule has 30 heavy (non-hydrogen) atoms. The number of aliphatic hydroxyl groups excluding tert-OH is 1. The van der Waals surface area contributed by atoms with Crippen LogP contribution in [0.2, 0.25) is 5.02 Å². The lowest BCUT2D eigenvalue weighted by Crippen LogP contribution is -2.29. The number of rotatable bonds is 8. The number of hydrogen-bond donors (Lipinski definition) is 1. The summed E-state index contributed by atoms with van der Waals surface area (Å²) in [4.78, 5) is 20.2. The predicted octanol–water partition coefficient (Wildman–Crippen LogP) is 5.30. The summed E-state index contributed by atoms with van der Waals surface area (Å²) in [6, 6.07) is 13.2. The van der Waals surface area contributed by atoms with Gasteiger partial charge in [-0.1, -0.05) is 42.8 Å². The zero-order valence-electron chi connectivity index (χ0n) is 17.1. The van der Waals surface area contributed by atoms with Crippen molar-refractivity contribution in [2.45, 2.75) is 26.7 Å². The summed E-state index contributed by atoms with van der Waals surface area (Å²) in [6.45, 7) is 5.18. The van der Waals surface area contributed by atoms with Crippen LogP contribution in [0.1, 0.15) is 30.9 Å². The highest BCUT2D eigenvalue weighted by Gasteiger charge is 2.35. The van der Waals surface area contributed by atoms with Crippen LogP contribution < -0.4 is 9.64 Å². The number of anilines is 1. The molecule has 1 aliphatic rings. The van der Waals surface area contributed by atoms with Gasteiger partial charge in [0.25, 0.3) is 5.91 Å². The number of amides is 1. The first-order valence-electron chi connectivity index (χ1n) is 9.92. The van der Waals surface area contributed by atoms with Gasteiger partial charge in [-0.3, -0.25) is 14.7 Å². The molecule has 0 bridgehead atoms. The van der Waals surface area contributed by atoms with E-state index in [1.54, 1.807) is 17.0 Å². The maximum absolute atomic E-state index is 13.2. The number of hydrogen-bond acceptors (Lipinski definition) is 5. The molecular formula is C23H25ClN2O3S. The molecular weight excluding hydrogens is 420 g/mol. The van der Waals surface area contributed by atoms with Crippen molar-refractivity contribution < 1.29 is 14.6 Å². The molecule has 1 saturated heterocycles. The van der Waals surface area contributed by atoms with Crippen LogP contribution in [0.3, 0.4) is 0 Å². The first kappa shape index (κ1) is 22.4. The average Bonchev–Trinajstić information content (AvgIpc) is 3.03. The number of carbonyl (C=O) groups is 1. The van der Waals surface area contributed by atoms with E-state index in [2.05, 4.69) is 11.9 Å².